The lowest BCUT2D eigenvalue weighted by molar-refractivity contribution is 0.189. The summed E-state index contributed by atoms with van der Waals surface area (Å²) in [6.45, 7) is 13.5. The highest BCUT2D eigenvalue weighted by molar-refractivity contribution is 7.89. The summed E-state index contributed by atoms with van der Waals surface area (Å²) in [5.74, 6) is 0. The molecule has 0 radical (unpaired) electrons. The van der Waals surface area contributed by atoms with Gasteiger partial charge in [0.25, 0.3) is 0 Å². The molecule has 2 aliphatic heterocycles. The second-order valence-electron chi connectivity index (χ2n) is 8.68. The van der Waals surface area contributed by atoms with Crippen LogP contribution in [0.1, 0.15) is 30.5 Å². The molecule has 0 aromatic heterocycles. The zero-order valence-electron chi connectivity index (χ0n) is 17.9. The fraction of sp³-hybridized carbons (Fsp3) is 0.478. The summed E-state index contributed by atoms with van der Waals surface area (Å²) in [7, 11) is -3.42. The molecule has 0 aliphatic carbocycles. The number of hydrogen-bond donors (Lipinski definition) is 0. The van der Waals surface area contributed by atoms with Gasteiger partial charge in [0.05, 0.1) is 10.4 Å². The SMILES string of the molecule is Cc1cccc(N2CCN(CCN3C(C)(C)c4ccccc4S3(=O)=O)CC2)c1C. The molecule has 156 valence electrons. The summed E-state index contributed by atoms with van der Waals surface area (Å²) >= 11 is 0. The Balaban J connectivity index is 1.41. The Labute approximate surface area is 175 Å². The van der Waals surface area contributed by atoms with E-state index in [-0.39, 0.29) is 0 Å². The highest BCUT2D eigenvalue weighted by Gasteiger charge is 2.47. The molecule has 0 N–H and O–H groups in total. The van der Waals surface area contributed by atoms with Gasteiger partial charge in [0.2, 0.25) is 10.0 Å². The molecule has 1 fully saturated rings. The summed E-state index contributed by atoms with van der Waals surface area (Å²) in [6.07, 6.45) is 0. The molecule has 2 aromatic carbocycles. The van der Waals surface area contributed by atoms with Crippen molar-refractivity contribution in [3.8, 4) is 0 Å². The standard InChI is InChI=1S/C23H31N3O2S/c1-18-8-7-10-21(19(18)2)25-15-12-24(13-16-25)14-17-26-23(3,4)20-9-5-6-11-22(20)29(26,27)28/h5-11H,12-17H2,1-4H3. The molecular weight excluding hydrogens is 382 g/mol. The third-order valence-electron chi connectivity index (χ3n) is 6.65. The van der Waals surface area contributed by atoms with Crippen LogP contribution in [0.3, 0.4) is 0 Å². The van der Waals surface area contributed by atoms with Crippen LogP contribution in [-0.2, 0) is 15.6 Å². The first kappa shape index (κ1) is 20.4. The molecule has 2 aliphatic rings. The third kappa shape index (κ3) is 3.47. The van der Waals surface area contributed by atoms with Crippen LogP contribution in [-0.4, -0.2) is 56.9 Å². The van der Waals surface area contributed by atoms with Crippen LogP contribution in [0.4, 0.5) is 5.69 Å². The van der Waals surface area contributed by atoms with Crippen molar-refractivity contribution in [2.75, 3.05) is 44.2 Å². The van der Waals surface area contributed by atoms with Crippen molar-refractivity contribution in [1.82, 2.24) is 9.21 Å². The smallest absolute Gasteiger partial charge is 0.244 e. The van der Waals surface area contributed by atoms with E-state index in [1.54, 1.807) is 10.4 Å². The number of rotatable bonds is 4. The van der Waals surface area contributed by atoms with E-state index in [9.17, 15) is 8.42 Å². The van der Waals surface area contributed by atoms with Crippen LogP contribution in [0.25, 0.3) is 0 Å². The second-order valence-corrected chi connectivity index (χ2v) is 10.5. The van der Waals surface area contributed by atoms with Gasteiger partial charge in [-0.2, -0.15) is 4.31 Å². The van der Waals surface area contributed by atoms with Crippen LogP contribution in [0.5, 0.6) is 0 Å². The van der Waals surface area contributed by atoms with Crippen molar-refractivity contribution < 1.29 is 8.42 Å². The van der Waals surface area contributed by atoms with Gasteiger partial charge in [-0.25, -0.2) is 8.42 Å². The van der Waals surface area contributed by atoms with Gasteiger partial charge in [-0.05, 0) is 56.5 Å². The van der Waals surface area contributed by atoms with Crippen molar-refractivity contribution >= 4 is 15.7 Å². The van der Waals surface area contributed by atoms with Gasteiger partial charge >= 0.3 is 0 Å². The maximum absolute atomic E-state index is 13.1. The Morgan fingerprint density at radius 2 is 1.59 bits per heavy atom. The molecule has 0 atom stereocenters. The molecule has 2 heterocycles. The van der Waals surface area contributed by atoms with Gasteiger partial charge < -0.3 is 4.90 Å². The Morgan fingerprint density at radius 3 is 2.28 bits per heavy atom. The molecule has 0 unspecified atom stereocenters. The van der Waals surface area contributed by atoms with E-state index in [1.807, 2.05) is 32.0 Å². The predicted molar refractivity (Wildman–Crippen MR) is 118 cm³/mol. The summed E-state index contributed by atoms with van der Waals surface area (Å²) in [5, 5.41) is 0. The van der Waals surface area contributed by atoms with Crippen molar-refractivity contribution in [3.05, 3.63) is 59.2 Å². The lowest BCUT2D eigenvalue weighted by Crippen LogP contribution is -2.50. The van der Waals surface area contributed by atoms with Gasteiger partial charge in [0, 0.05) is 45.0 Å². The number of anilines is 1. The first-order valence-corrected chi connectivity index (χ1v) is 11.8. The number of benzene rings is 2. The predicted octanol–water partition coefficient (Wildman–Crippen LogP) is 3.37. The lowest BCUT2D eigenvalue weighted by atomic mass is 9.94. The molecule has 1 saturated heterocycles. The summed E-state index contributed by atoms with van der Waals surface area (Å²) in [6, 6.07) is 13.9. The Morgan fingerprint density at radius 1 is 0.897 bits per heavy atom. The first-order chi connectivity index (χ1) is 13.7. The number of sulfonamides is 1. The van der Waals surface area contributed by atoms with Crippen LogP contribution in [0.2, 0.25) is 0 Å². The number of nitrogens with zero attached hydrogens (tertiary/aromatic N) is 3. The minimum Gasteiger partial charge on any atom is -0.369 e. The zero-order chi connectivity index (χ0) is 20.8. The highest BCUT2D eigenvalue weighted by Crippen LogP contribution is 2.43. The molecule has 0 bridgehead atoms. The fourth-order valence-electron chi connectivity index (χ4n) is 4.67. The number of aryl methyl sites for hydroxylation is 1. The summed E-state index contributed by atoms with van der Waals surface area (Å²) in [5.41, 5.74) is 4.40. The minimum absolute atomic E-state index is 0.463. The molecule has 0 amide bonds. The third-order valence-corrected chi connectivity index (χ3v) is 8.78. The number of fused-ring (bicyclic) bond motifs is 1. The molecular formula is C23H31N3O2S. The summed E-state index contributed by atoms with van der Waals surface area (Å²) in [4.78, 5) is 5.30. The van der Waals surface area contributed by atoms with E-state index >= 15 is 0 Å². The normalized spacial score (nSPS) is 21.3. The molecule has 29 heavy (non-hydrogen) atoms. The van der Waals surface area contributed by atoms with Crippen molar-refractivity contribution in [2.24, 2.45) is 0 Å². The van der Waals surface area contributed by atoms with Crippen LogP contribution >= 0.6 is 0 Å². The number of piperazine rings is 1. The maximum atomic E-state index is 13.1. The van der Waals surface area contributed by atoms with E-state index in [2.05, 4.69) is 41.8 Å². The van der Waals surface area contributed by atoms with E-state index < -0.39 is 15.6 Å². The van der Waals surface area contributed by atoms with Gasteiger partial charge in [-0.3, -0.25) is 4.90 Å². The van der Waals surface area contributed by atoms with Crippen LogP contribution in [0.15, 0.2) is 47.4 Å². The van der Waals surface area contributed by atoms with Gasteiger partial charge in [-0.15, -0.1) is 0 Å². The van der Waals surface area contributed by atoms with Crippen molar-refractivity contribution in [3.63, 3.8) is 0 Å². The second kappa shape index (κ2) is 7.42. The van der Waals surface area contributed by atoms with E-state index in [4.69, 9.17) is 0 Å². The molecule has 4 rings (SSSR count). The highest BCUT2D eigenvalue weighted by atomic mass is 32.2. The monoisotopic (exact) mass is 413 g/mol. The van der Waals surface area contributed by atoms with Gasteiger partial charge in [0.15, 0.2) is 0 Å². The van der Waals surface area contributed by atoms with E-state index in [0.717, 1.165) is 38.3 Å². The molecule has 5 nitrogen and oxygen atoms in total. The molecule has 6 heteroatoms. The average molecular weight is 414 g/mol. The fourth-order valence-corrected chi connectivity index (χ4v) is 6.78. The first-order valence-electron chi connectivity index (χ1n) is 10.4. The topological polar surface area (TPSA) is 43.9 Å². The maximum Gasteiger partial charge on any atom is 0.244 e. The Kier molecular flexibility index (Phi) is 5.21. The molecule has 0 saturated carbocycles. The Hall–Kier alpha value is -1.89. The molecule has 0 spiro atoms. The number of hydrogen-bond acceptors (Lipinski definition) is 4. The lowest BCUT2D eigenvalue weighted by Gasteiger charge is -2.38. The largest absolute Gasteiger partial charge is 0.369 e. The zero-order valence-corrected chi connectivity index (χ0v) is 18.7. The molecule has 2 aromatic rings. The Bertz CT molecular complexity index is 1010. The summed E-state index contributed by atoms with van der Waals surface area (Å²) < 4.78 is 27.8. The van der Waals surface area contributed by atoms with Gasteiger partial charge in [0.1, 0.15) is 0 Å². The average Bonchev–Trinajstić information content (AvgIpc) is 2.85. The quantitative estimate of drug-likeness (QED) is 0.771. The van der Waals surface area contributed by atoms with E-state index in [0.29, 0.717) is 11.4 Å². The minimum atomic E-state index is -3.42. The van der Waals surface area contributed by atoms with Crippen LogP contribution in [0, 0.1) is 13.8 Å². The van der Waals surface area contributed by atoms with E-state index in [1.165, 1.54) is 16.8 Å². The van der Waals surface area contributed by atoms with Crippen molar-refractivity contribution in [2.45, 2.75) is 38.1 Å². The van der Waals surface area contributed by atoms with Crippen LogP contribution < -0.4 is 4.90 Å². The van der Waals surface area contributed by atoms with Crippen molar-refractivity contribution in [1.29, 1.82) is 0 Å². The van der Waals surface area contributed by atoms with Gasteiger partial charge in [-0.1, -0.05) is 30.3 Å².